The number of halogens is 2. The van der Waals surface area contributed by atoms with E-state index in [-0.39, 0.29) is 27.0 Å². The minimum Gasteiger partial charge on any atom is -0.407 e. The molecule has 20 heavy (non-hydrogen) atoms. The van der Waals surface area contributed by atoms with E-state index in [9.17, 15) is 8.42 Å². The second-order valence-corrected chi connectivity index (χ2v) is 6.72. The molecule has 7 nitrogen and oxygen atoms in total. The molecule has 1 aliphatic carbocycles. The first kappa shape index (κ1) is 13.6. The Hall–Kier alpha value is -1.38. The van der Waals surface area contributed by atoms with Crippen molar-refractivity contribution in [1.82, 2.24) is 15.2 Å². The molecule has 0 atom stereocenters. The molecular weight excluding hydrogens is 327 g/mol. The molecule has 0 aliphatic heterocycles. The third kappa shape index (κ3) is 2.72. The van der Waals surface area contributed by atoms with Gasteiger partial charge in [0, 0.05) is 12.1 Å². The molecule has 0 bridgehead atoms. The molecule has 1 fully saturated rings. The van der Waals surface area contributed by atoms with Gasteiger partial charge in [0.15, 0.2) is 0 Å². The van der Waals surface area contributed by atoms with Crippen LogP contribution >= 0.6 is 23.2 Å². The topological polar surface area (TPSA) is 98.0 Å². The van der Waals surface area contributed by atoms with Crippen molar-refractivity contribution in [2.24, 2.45) is 0 Å². The van der Waals surface area contributed by atoms with E-state index >= 15 is 0 Å². The van der Waals surface area contributed by atoms with Crippen molar-refractivity contribution in [3.05, 3.63) is 28.3 Å². The molecule has 3 rings (SSSR count). The fourth-order valence-electron chi connectivity index (χ4n) is 1.50. The third-order valence-corrected chi connectivity index (χ3v) is 4.64. The van der Waals surface area contributed by atoms with Crippen molar-refractivity contribution in [3.63, 3.8) is 0 Å². The number of sulfonamides is 1. The predicted octanol–water partition coefficient (Wildman–Crippen LogP) is 2.45. The summed E-state index contributed by atoms with van der Waals surface area (Å²) in [5, 5.41) is 7.49. The summed E-state index contributed by atoms with van der Waals surface area (Å²) in [4.78, 5) is 3.54. The Labute approximate surface area is 124 Å². The zero-order valence-electron chi connectivity index (χ0n) is 9.88. The molecule has 106 valence electrons. The average molecular weight is 335 g/mol. The van der Waals surface area contributed by atoms with E-state index < -0.39 is 10.0 Å². The van der Waals surface area contributed by atoms with Crippen LogP contribution < -0.4 is 4.72 Å². The Morgan fingerprint density at radius 2 is 2.05 bits per heavy atom. The Bertz CT molecular complexity index is 758. The fraction of sp³-hybridized carbons (Fsp3) is 0.300. The van der Waals surface area contributed by atoms with E-state index in [4.69, 9.17) is 27.6 Å². The molecule has 1 saturated carbocycles. The summed E-state index contributed by atoms with van der Waals surface area (Å²) in [5.41, 5.74) is 0. The Morgan fingerprint density at radius 1 is 1.30 bits per heavy atom. The van der Waals surface area contributed by atoms with Crippen LogP contribution in [0.2, 0.25) is 10.2 Å². The molecule has 0 spiro atoms. The van der Waals surface area contributed by atoms with Crippen LogP contribution in [0.15, 0.2) is 21.6 Å². The molecule has 1 N–H and O–H groups in total. The molecule has 1 aliphatic rings. The maximum absolute atomic E-state index is 12.1. The zero-order valence-corrected chi connectivity index (χ0v) is 12.2. The van der Waals surface area contributed by atoms with Crippen LogP contribution in [0.3, 0.4) is 0 Å². The maximum Gasteiger partial charge on any atom is 0.329 e. The summed E-state index contributed by atoms with van der Waals surface area (Å²) in [6.45, 7) is 0. The molecule has 0 unspecified atom stereocenters. The van der Waals surface area contributed by atoms with Gasteiger partial charge in [0.25, 0.3) is 10.0 Å². The lowest BCUT2D eigenvalue weighted by molar-refractivity contribution is 0.510. The van der Waals surface area contributed by atoms with Crippen LogP contribution in [-0.4, -0.2) is 23.6 Å². The van der Waals surface area contributed by atoms with Crippen molar-refractivity contribution in [2.45, 2.75) is 23.7 Å². The summed E-state index contributed by atoms with van der Waals surface area (Å²) in [6.07, 6.45) is 3.05. The Morgan fingerprint density at radius 3 is 2.70 bits per heavy atom. The highest BCUT2D eigenvalue weighted by atomic mass is 35.5. The molecule has 2 aromatic rings. The first-order chi connectivity index (χ1) is 9.45. The quantitative estimate of drug-likeness (QED) is 0.862. The fourth-order valence-corrected chi connectivity index (χ4v) is 2.72. The van der Waals surface area contributed by atoms with E-state index in [1.165, 1.54) is 6.07 Å². The van der Waals surface area contributed by atoms with Crippen molar-refractivity contribution in [1.29, 1.82) is 0 Å². The lowest BCUT2D eigenvalue weighted by Crippen LogP contribution is -2.13. The molecule has 10 heteroatoms. The Kier molecular flexibility index (Phi) is 3.31. The molecule has 0 radical (unpaired) electrons. The SMILES string of the molecule is O=S(=O)(Nc1nnc(C2CC2)o1)c1cnc(Cl)c(Cl)c1. The summed E-state index contributed by atoms with van der Waals surface area (Å²) in [7, 11) is -3.90. The van der Waals surface area contributed by atoms with Crippen molar-refractivity contribution in [2.75, 3.05) is 4.72 Å². The minimum absolute atomic E-state index is 0.0272. The predicted molar refractivity (Wildman–Crippen MR) is 71.3 cm³/mol. The molecule has 2 heterocycles. The van der Waals surface area contributed by atoms with Gasteiger partial charge in [0.05, 0.1) is 5.02 Å². The van der Waals surface area contributed by atoms with Gasteiger partial charge in [-0.2, -0.15) is 0 Å². The number of hydrogen-bond acceptors (Lipinski definition) is 6. The van der Waals surface area contributed by atoms with Crippen LogP contribution in [0, 0.1) is 0 Å². The summed E-state index contributed by atoms with van der Waals surface area (Å²) in [6, 6.07) is 1.01. The lowest BCUT2D eigenvalue weighted by atomic mass is 10.4. The maximum atomic E-state index is 12.1. The van der Waals surface area contributed by atoms with Crippen LogP contribution in [-0.2, 0) is 10.0 Å². The molecular formula is C10H8Cl2N4O3S. The minimum atomic E-state index is -3.90. The van der Waals surface area contributed by atoms with Crippen LogP contribution in [0.1, 0.15) is 24.7 Å². The van der Waals surface area contributed by atoms with Gasteiger partial charge in [0.1, 0.15) is 10.0 Å². The number of nitrogens with one attached hydrogen (secondary N) is 1. The number of anilines is 1. The molecule has 0 saturated heterocycles. The van der Waals surface area contributed by atoms with E-state index in [1.54, 1.807) is 0 Å². The van der Waals surface area contributed by atoms with Crippen molar-refractivity contribution in [3.8, 4) is 0 Å². The van der Waals surface area contributed by atoms with Gasteiger partial charge in [-0.15, -0.1) is 5.10 Å². The van der Waals surface area contributed by atoms with Crippen molar-refractivity contribution >= 4 is 39.2 Å². The lowest BCUT2D eigenvalue weighted by Gasteiger charge is -2.04. The second-order valence-electron chi connectivity index (χ2n) is 4.27. The number of hydrogen-bond donors (Lipinski definition) is 1. The van der Waals surface area contributed by atoms with E-state index in [0.717, 1.165) is 19.0 Å². The standard InChI is InChI=1S/C10H8Cl2N4O3S/c11-7-3-6(4-13-8(7)12)20(17,18)16-10-15-14-9(19-10)5-1-2-5/h3-5H,1-2H2,(H,15,16). The monoisotopic (exact) mass is 334 g/mol. The Balaban J connectivity index is 1.84. The summed E-state index contributed by atoms with van der Waals surface area (Å²) < 4.78 is 31.6. The summed E-state index contributed by atoms with van der Waals surface area (Å²) >= 11 is 11.4. The highest BCUT2D eigenvalue weighted by Gasteiger charge is 2.30. The molecule has 0 aromatic carbocycles. The molecule has 2 aromatic heterocycles. The van der Waals surface area contributed by atoms with Crippen molar-refractivity contribution < 1.29 is 12.8 Å². The van der Waals surface area contributed by atoms with E-state index in [2.05, 4.69) is 19.9 Å². The van der Waals surface area contributed by atoms with Gasteiger partial charge in [0.2, 0.25) is 5.89 Å². The number of pyridine rings is 1. The number of aromatic nitrogens is 3. The van der Waals surface area contributed by atoms with Gasteiger partial charge in [-0.05, 0) is 18.9 Å². The van der Waals surface area contributed by atoms with Gasteiger partial charge >= 0.3 is 6.01 Å². The third-order valence-electron chi connectivity index (χ3n) is 2.67. The van der Waals surface area contributed by atoms with Crippen LogP contribution in [0.4, 0.5) is 6.01 Å². The van der Waals surface area contributed by atoms with Gasteiger partial charge in [-0.1, -0.05) is 28.3 Å². The number of rotatable bonds is 4. The van der Waals surface area contributed by atoms with E-state index in [1.807, 2.05) is 0 Å². The van der Waals surface area contributed by atoms with Gasteiger partial charge in [-0.25, -0.2) is 18.1 Å². The van der Waals surface area contributed by atoms with Gasteiger partial charge < -0.3 is 4.42 Å². The van der Waals surface area contributed by atoms with E-state index in [0.29, 0.717) is 5.89 Å². The van der Waals surface area contributed by atoms with Crippen LogP contribution in [0.25, 0.3) is 0 Å². The second kappa shape index (κ2) is 4.87. The van der Waals surface area contributed by atoms with Crippen LogP contribution in [0.5, 0.6) is 0 Å². The zero-order chi connectivity index (χ0) is 14.3. The normalized spacial score (nSPS) is 15.3. The first-order valence-electron chi connectivity index (χ1n) is 5.63. The molecule has 0 amide bonds. The first-order valence-corrected chi connectivity index (χ1v) is 7.87. The van der Waals surface area contributed by atoms with Gasteiger partial charge in [-0.3, -0.25) is 0 Å². The largest absolute Gasteiger partial charge is 0.407 e. The highest BCUT2D eigenvalue weighted by Crippen LogP contribution is 2.39. The summed E-state index contributed by atoms with van der Waals surface area (Å²) in [5.74, 6) is 0.683. The smallest absolute Gasteiger partial charge is 0.329 e. The highest BCUT2D eigenvalue weighted by molar-refractivity contribution is 7.92. The number of nitrogens with zero attached hydrogens (tertiary/aromatic N) is 3. The average Bonchev–Trinajstić information content (AvgIpc) is 3.14.